The molecule has 0 saturated heterocycles. The van der Waals surface area contributed by atoms with Crippen LogP contribution < -0.4 is 5.32 Å². The third kappa shape index (κ3) is 4.45. The molecule has 0 unspecified atom stereocenters. The first-order chi connectivity index (χ1) is 8.31. The van der Waals surface area contributed by atoms with Crippen LogP contribution in [-0.4, -0.2) is 37.0 Å². The highest BCUT2D eigenvalue weighted by Gasteiger charge is 2.20. The minimum Gasteiger partial charge on any atom is -0.354 e. The maximum absolute atomic E-state index is 13.0. The minimum absolute atomic E-state index is 0.0875. The van der Waals surface area contributed by atoms with Crippen molar-refractivity contribution in [3.05, 3.63) is 35.6 Å². The third-order valence-corrected chi connectivity index (χ3v) is 3.18. The van der Waals surface area contributed by atoms with Crippen molar-refractivity contribution in [2.75, 3.05) is 20.6 Å². The summed E-state index contributed by atoms with van der Waals surface area (Å²) in [5.74, 6) is -0.399. The Balaban J connectivity index is 2.48. The molecule has 18 heavy (non-hydrogen) atoms. The molecule has 0 aliphatic carbocycles. The second-order valence-corrected chi connectivity index (χ2v) is 5.29. The number of likely N-dealkylation sites (N-methyl/N-ethyl adjacent to an activating group) is 1. The topological polar surface area (TPSA) is 32.3 Å². The molecule has 3 nitrogen and oxygen atoms in total. The first-order valence-corrected chi connectivity index (χ1v) is 6.00. The number of rotatable bonds is 5. The quantitative estimate of drug-likeness (QED) is 0.867. The molecule has 0 heterocycles. The molecule has 0 fully saturated rings. The first kappa shape index (κ1) is 14.6. The molecule has 1 N–H and O–H groups in total. The van der Waals surface area contributed by atoms with Crippen LogP contribution in [0.1, 0.15) is 19.4 Å². The highest BCUT2D eigenvalue weighted by Crippen LogP contribution is 2.08. The molecule has 1 rings (SSSR count). The van der Waals surface area contributed by atoms with Crippen LogP contribution in [-0.2, 0) is 11.2 Å². The summed E-state index contributed by atoms with van der Waals surface area (Å²) in [7, 11) is 3.94. The summed E-state index contributed by atoms with van der Waals surface area (Å²) in [5, 5.41) is 2.87. The second-order valence-electron chi connectivity index (χ2n) is 5.29. The summed E-state index contributed by atoms with van der Waals surface area (Å²) >= 11 is 0. The molecule has 0 atom stereocenters. The molecule has 0 bridgehead atoms. The molecule has 0 aromatic heterocycles. The van der Waals surface area contributed by atoms with Gasteiger partial charge in [-0.15, -0.1) is 0 Å². The predicted molar refractivity (Wildman–Crippen MR) is 70.9 cm³/mol. The molecule has 0 spiro atoms. The molecule has 4 heteroatoms. The molecule has 0 aliphatic heterocycles. The zero-order chi connectivity index (χ0) is 13.8. The van der Waals surface area contributed by atoms with Crippen molar-refractivity contribution in [2.24, 2.45) is 0 Å². The van der Waals surface area contributed by atoms with Gasteiger partial charge in [0.15, 0.2) is 0 Å². The Morgan fingerprint density at radius 2 is 2.06 bits per heavy atom. The van der Waals surface area contributed by atoms with E-state index in [-0.39, 0.29) is 23.7 Å². The van der Waals surface area contributed by atoms with Crippen molar-refractivity contribution in [2.45, 2.75) is 25.8 Å². The molecular formula is C14H21FN2O. The van der Waals surface area contributed by atoms with Gasteiger partial charge in [-0.1, -0.05) is 12.1 Å². The zero-order valence-corrected chi connectivity index (χ0v) is 11.5. The standard InChI is InChI=1S/C14H21FN2O/c1-14(2,17(3)4)10-16-13(18)9-11-6-5-7-12(15)8-11/h5-8H,9-10H2,1-4H3,(H,16,18). The van der Waals surface area contributed by atoms with E-state index < -0.39 is 0 Å². The lowest BCUT2D eigenvalue weighted by molar-refractivity contribution is -0.120. The van der Waals surface area contributed by atoms with Crippen LogP contribution in [0.15, 0.2) is 24.3 Å². The molecular weight excluding hydrogens is 231 g/mol. The fourth-order valence-corrected chi connectivity index (χ4v) is 1.37. The van der Waals surface area contributed by atoms with Crippen LogP contribution >= 0.6 is 0 Å². The zero-order valence-electron chi connectivity index (χ0n) is 11.5. The number of carbonyl (C=O) groups is 1. The number of amides is 1. The maximum Gasteiger partial charge on any atom is 0.224 e. The number of carbonyl (C=O) groups excluding carboxylic acids is 1. The average molecular weight is 252 g/mol. The van der Waals surface area contributed by atoms with Crippen LogP contribution in [0, 0.1) is 5.82 Å². The third-order valence-electron chi connectivity index (χ3n) is 3.18. The summed E-state index contributed by atoms with van der Waals surface area (Å²) in [6, 6.07) is 6.12. The molecule has 1 aromatic carbocycles. The van der Waals surface area contributed by atoms with E-state index >= 15 is 0 Å². The van der Waals surface area contributed by atoms with Crippen molar-refractivity contribution in [3.8, 4) is 0 Å². The molecule has 100 valence electrons. The van der Waals surface area contributed by atoms with Gasteiger partial charge in [-0.3, -0.25) is 4.79 Å². The normalized spacial score (nSPS) is 11.7. The first-order valence-electron chi connectivity index (χ1n) is 6.00. The van der Waals surface area contributed by atoms with Crippen molar-refractivity contribution < 1.29 is 9.18 Å². The monoisotopic (exact) mass is 252 g/mol. The van der Waals surface area contributed by atoms with Crippen molar-refractivity contribution in [1.29, 1.82) is 0 Å². The highest BCUT2D eigenvalue weighted by atomic mass is 19.1. The number of nitrogens with one attached hydrogen (secondary N) is 1. The van der Waals surface area contributed by atoms with Gasteiger partial charge < -0.3 is 10.2 Å². The number of halogens is 1. The fraction of sp³-hybridized carbons (Fsp3) is 0.500. The Bertz CT molecular complexity index is 416. The minimum atomic E-state index is -0.311. The van der Waals surface area contributed by atoms with E-state index in [0.717, 1.165) is 0 Å². The average Bonchev–Trinajstić information content (AvgIpc) is 2.26. The van der Waals surface area contributed by atoms with Crippen molar-refractivity contribution in [3.63, 3.8) is 0 Å². The summed E-state index contributed by atoms with van der Waals surface area (Å²) in [6.45, 7) is 4.67. The predicted octanol–water partition coefficient (Wildman–Crippen LogP) is 1.82. The van der Waals surface area contributed by atoms with E-state index in [9.17, 15) is 9.18 Å². The molecule has 0 saturated carbocycles. The van der Waals surface area contributed by atoms with Crippen molar-refractivity contribution in [1.82, 2.24) is 10.2 Å². The molecule has 1 amide bonds. The summed E-state index contributed by atoms with van der Waals surface area (Å²) < 4.78 is 13.0. The Hall–Kier alpha value is -1.42. The van der Waals surface area contributed by atoms with Gasteiger partial charge in [-0.25, -0.2) is 4.39 Å². The van der Waals surface area contributed by atoms with Crippen LogP contribution in [0.25, 0.3) is 0 Å². The van der Waals surface area contributed by atoms with Crippen LogP contribution in [0.5, 0.6) is 0 Å². The van der Waals surface area contributed by atoms with E-state index in [1.807, 2.05) is 14.1 Å². The largest absolute Gasteiger partial charge is 0.354 e. The van der Waals surface area contributed by atoms with Gasteiger partial charge in [-0.05, 0) is 45.6 Å². The lowest BCUT2D eigenvalue weighted by atomic mass is 10.0. The summed E-state index contributed by atoms with van der Waals surface area (Å²) in [4.78, 5) is 13.8. The highest BCUT2D eigenvalue weighted by molar-refractivity contribution is 5.78. The van der Waals surface area contributed by atoms with E-state index in [2.05, 4.69) is 24.1 Å². The van der Waals surface area contributed by atoms with Gasteiger partial charge in [-0.2, -0.15) is 0 Å². The van der Waals surface area contributed by atoms with Gasteiger partial charge >= 0.3 is 0 Å². The van der Waals surface area contributed by atoms with Crippen molar-refractivity contribution >= 4 is 5.91 Å². The van der Waals surface area contributed by atoms with Gasteiger partial charge in [0.1, 0.15) is 5.82 Å². The summed E-state index contributed by atoms with van der Waals surface area (Å²) in [5.41, 5.74) is 0.590. The van der Waals surface area contributed by atoms with E-state index in [4.69, 9.17) is 0 Å². The van der Waals surface area contributed by atoms with Gasteiger partial charge in [0.25, 0.3) is 0 Å². The molecule has 0 aliphatic rings. The SMILES string of the molecule is CN(C)C(C)(C)CNC(=O)Cc1cccc(F)c1. The van der Waals surface area contributed by atoms with E-state index in [0.29, 0.717) is 12.1 Å². The van der Waals surface area contributed by atoms with Gasteiger partial charge in [0.2, 0.25) is 5.91 Å². The Morgan fingerprint density at radius 3 is 2.61 bits per heavy atom. The molecule has 1 aromatic rings. The van der Waals surface area contributed by atoms with Gasteiger partial charge in [0.05, 0.1) is 6.42 Å². The Kier molecular flexibility index (Phi) is 4.84. The Morgan fingerprint density at radius 1 is 1.39 bits per heavy atom. The second kappa shape index (κ2) is 5.96. The van der Waals surface area contributed by atoms with E-state index in [1.165, 1.54) is 12.1 Å². The number of nitrogens with zero attached hydrogens (tertiary/aromatic N) is 1. The lowest BCUT2D eigenvalue weighted by Crippen LogP contribution is -2.48. The maximum atomic E-state index is 13.0. The smallest absolute Gasteiger partial charge is 0.224 e. The van der Waals surface area contributed by atoms with Crippen LogP contribution in [0.4, 0.5) is 4.39 Å². The van der Waals surface area contributed by atoms with E-state index in [1.54, 1.807) is 12.1 Å². The number of hydrogen-bond donors (Lipinski definition) is 1. The number of benzene rings is 1. The van der Waals surface area contributed by atoms with Crippen LogP contribution in [0.2, 0.25) is 0 Å². The fourth-order valence-electron chi connectivity index (χ4n) is 1.37. The summed E-state index contributed by atoms with van der Waals surface area (Å²) in [6.07, 6.45) is 0.210. The van der Waals surface area contributed by atoms with Crippen LogP contribution in [0.3, 0.4) is 0 Å². The lowest BCUT2D eigenvalue weighted by Gasteiger charge is -2.32. The van der Waals surface area contributed by atoms with Gasteiger partial charge in [0, 0.05) is 12.1 Å². The molecule has 0 radical (unpaired) electrons. The number of hydrogen-bond acceptors (Lipinski definition) is 2. The Labute approximate surface area is 108 Å².